The lowest BCUT2D eigenvalue weighted by Crippen LogP contribution is -2.47. The average Bonchev–Trinajstić information content (AvgIpc) is 2.53. The molecule has 4 nitrogen and oxygen atoms in total. The molecular weight excluding hydrogens is 292 g/mol. The van der Waals surface area contributed by atoms with Gasteiger partial charge < -0.3 is 9.47 Å². The second kappa shape index (κ2) is 8.70. The zero-order chi connectivity index (χ0) is 17.5. The molecule has 0 saturated heterocycles. The minimum Gasteiger partial charge on any atom is -0.480 e. The zero-order valence-electron chi connectivity index (χ0n) is 14.8. The van der Waals surface area contributed by atoms with E-state index in [1.54, 1.807) is 6.92 Å². The van der Waals surface area contributed by atoms with Crippen molar-refractivity contribution in [2.75, 3.05) is 7.11 Å². The van der Waals surface area contributed by atoms with Crippen LogP contribution >= 0.6 is 0 Å². The second-order valence-corrected chi connectivity index (χ2v) is 6.08. The lowest BCUT2D eigenvalue weighted by Gasteiger charge is -2.32. The summed E-state index contributed by atoms with van der Waals surface area (Å²) in [5.74, 6) is -0.772. The van der Waals surface area contributed by atoms with Crippen LogP contribution in [0.2, 0.25) is 0 Å². The van der Waals surface area contributed by atoms with Gasteiger partial charge in [0.15, 0.2) is 11.4 Å². The molecule has 0 radical (unpaired) electrons. The van der Waals surface area contributed by atoms with Crippen molar-refractivity contribution < 1.29 is 19.1 Å². The first-order chi connectivity index (χ1) is 10.9. The summed E-state index contributed by atoms with van der Waals surface area (Å²) in [7, 11) is 1.32. The molecule has 0 N–H and O–H groups in total. The van der Waals surface area contributed by atoms with Gasteiger partial charge in [0, 0.05) is 0 Å². The molecular formula is C19H28O4. The van der Waals surface area contributed by atoms with E-state index in [9.17, 15) is 9.59 Å². The van der Waals surface area contributed by atoms with Crippen molar-refractivity contribution in [3.63, 3.8) is 0 Å². The normalized spacial score (nSPS) is 14.7. The van der Waals surface area contributed by atoms with Gasteiger partial charge in [-0.2, -0.15) is 0 Å². The highest BCUT2D eigenvalue weighted by atomic mass is 16.5. The minimum atomic E-state index is -1.03. The Morgan fingerprint density at radius 2 is 1.83 bits per heavy atom. The number of Topliss-reactive ketones (excluding diaryl/α,β-unsaturated/α-hetero) is 1. The van der Waals surface area contributed by atoms with Crippen molar-refractivity contribution in [1.29, 1.82) is 0 Å². The maximum atomic E-state index is 13.0. The number of hydrogen-bond acceptors (Lipinski definition) is 4. The third-order valence-corrected chi connectivity index (χ3v) is 4.06. The van der Waals surface area contributed by atoms with E-state index >= 15 is 0 Å². The molecule has 1 rings (SSSR count). The Bertz CT molecular complexity index is 538. The quantitative estimate of drug-likeness (QED) is 0.508. The first-order valence-corrected chi connectivity index (χ1v) is 8.26. The van der Waals surface area contributed by atoms with E-state index in [-0.39, 0.29) is 5.78 Å². The predicted octanol–water partition coefficient (Wildman–Crippen LogP) is 4.09. The van der Waals surface area contributed by atoms with Gasteiger partial charge in [-0.05, 0) is 38.3 Å². The fraction of sp³-hybridized carbons (Fsp3) is 0.579. The summed E-state index contributed by atoms with van der Waals surface area (Å²) in [4.78, 5) is 25.1. The largest absolute Gasteiger partial charge is 0.480 e. The van der Waals surface area contributed by atoms with Crippen LogP contribution in [-0.2, 0) is 14.3 Å². The molecule has 0 aliphatic heterocycles. The number of para-hydroxylation sites is 1. The van der Waals surface area contributed by atoms with Crippen LogP contribution in [0.15, 0.2) is 24.3 Å². The van der Waals surface area contributed by atoms with E-state index in [1.165, 1.54) is 7.11 Å². The van der Waals surface area contributed by atoms with Gasteiger partial charge in [0.25, 0.3) is 0 Å². The Morgan fingerprint density at radius 1 is 1.17 bits per heavy atom. The second-order valence-electron chi connectivity index (χ2n) is 6.08. The molecule has 1 aromatic carbocycles. The predicted molar refractivity (Wildman–Crippen MR) is 90.5 cm³/mol. The first kappa shape index (κ1) is 19.2. The molecule has 4 heteroatoms. The van der Waals surface area contributed by atoms with E-state index in [0.29, 0.717) is 18.6 Å². The summed E-state index contributed by atoms with van der Waals surface area (Å²) in [5.41, 5.74) is -0.0673. The maximum absolute atomic E-state index is 13.0. The van der Waals surface area contributed by atoms with Crippen LogP contribution in [0.25, 0.3) is 0 Å². The van der Waals surface area contributed by atoms with Crippen molar-refractivity contribution in [2.45, 2.75) is 59.0 Å². The summed E-state index contributed by atoms with van der Waals surface area (Å²) in [6.07, 6.45) is 2.55. The number of benzene rings is 1. The van der Waals surface area contributed by atoms with E-state index in [4.69, 9.17) is 9.47 Å². The zero-order valence-corrected chi connectivity index (χ0v) is 14.8. The first-order valence-electron chi connectivity index (χ1n) is 8.26. The minimum absolute atomic E-state index is 0.198. The number of aryl methyl sites for hydroxylation is 1. The van der Waals surface area contributed by atoms with Gasteiger partial charge in [0.1, 0.15) is 11.7 Å². The molecule has 0 heterocycles. The highest BCUT2D eigenvalue weighted by Crippen LogP contribution is 2.30. The molecule has 0 aliphatic rings. The monoisotopic (exact) mass is 320 g/mol. The standard InChI is InChI=1S/C19H28O4/c1-6-10-15(18(21)22-5)17(20)19(4,13-7-2)23-16-12-9-8-11-14(16)3/h8-9,11-12,15H,6-7,10,13H2,1-5H3. The molecule has 0 spiro atoms. The Labute approximate surface area is 139 Å². The Kier molecular flexibility index (Phi) is 7.27. The molecule has 0 aromatic heterocycles. The topological polar surface area (TPSA) is 52.6 Å². The number of hydrogen-bond donors (Lipinski definition) is 0. The van der Waals surface area contributed by atoms with Gasteiger partial charge in [-0.1, -0.05) is 44.9 Å². The van der Waals surface area contributed by atoms with Gasteiger partial charge in [0.2, 0.25) is 0 Å². The number of carbonyl (C=O) groups excluding carboxylic acids is 2. The lowest BCUT2D eigenvalue weighted by atomic mass is 9.84. The lowest BCUT2D eigenvalue weighted by molar-refractivity contribution is -0.155. The molecule has 128 valence electrons. The van der Waals surface area contributed by atoms with Gasteiger partial charge >= 0.3 is 5.97 Å². The molecule has 0 bridgehead atoms. The fourth-order valence-corrected chi connectivity index (χ4v) is 2.77. The summed E-state index contributed by atoms with van der Waals surface area (Å²) < 4.78 is 10.9. The van der Waals surface area contributed by atoms with Crippen LogP contribution in [0.4, 0.5) is 0 Å². The summed E-state index contributed by atoms with van der Waals surface area (Å²) in [6, 6.07) is 7.60. The Morgan fingerprint density at radius 3 is 2.35 bits per heavy atom. The van der Waals surface area contributed by atoms with Gasteiger partial charge in [-0.3, -0.25) is 9.59 Å². The van der Waals surface area contributed by atoms with Crippen molar-refractivity contribution >= 4 is 11.8 Å². The van der Waals surface area contributed by atoms with E-state index in [0.717, 1.165) is 18.4 Å². The molecule has 1 aromatic rings. The van der Waals surface area contributed by atoms with Crippen molar-refractivity contribution in [2.24, 2.45) is 5.92 Å². The molecule has 2 atom stereocenters. The smallest absolute Gasteiger partial charge is 0.316 e. The molecule has 0 amide bonds. The summed E-state index contributed by atoms with van der Waals surface area (Å²) in [6.45, 7) is 7.66. The number of carbonyl (C=O) groups is 2. The maximum Gasteiger partial charge on any atom is 0.316 e. The molecule has 0 aliphatic carbocycles. The van der Waals surface area contributed by atoms with Crippen molar-refractivity contribution in [3.05, 3.63) is 29.8 Å². The Balaban J connectivity index is 3.12. The number of ether oxygens (including phenoxy) is 2. The molecule has 0 saturated carbocycles. The van der Waals surface area contributed by atoms with Crippen molar-refractivity contribution in [3.8, 4) is 5.75 Å². The SMILES string of the molecule is CCCC(C(=O)OC)C(=O)C(C)(CCC)Oc1ccccc1C. The highest BCUT2D eigenvalue weighted by Gasteiger charge is 2.42. The van der Waals surface area contributed by atoms with Crippen LogP contribution in [0, 0.1) is 12.8 Å². The van der Waals surface area contributed by atoms with Crippen molar-refractivity contribution in [1.82, 2.24) is 0 Å². The van der Waals surface area contributed by atoms with Crippen LogP contribution in [-0.4, -0.2) is 24.5 Å². The van der Waals surface area contributed by atoms with Gasteiger partial charge in [0.05, 0.1) is 7.11 Å². The summed E-state index contributed by atoms with van der Waals surface area (Å²) >= 11 is 0. The summed E-state index contributed by atoms with van der Waals surface area (Å²) in [5, 5.41) is 0. The number of methoxy groups -OCH3 is 1. The van der Waals surface area contributed by atoms with Crippen LogP contribution in [0.1, 0.15) is 52.0 Å². The number of esters is 1. The van der Waals surface area contributed by atoms with Gasteiger partial charge in [-0.25, -0.2) is 0 Å². The fourth-order valence-electron chi connectivity index (χ4n) is 2.77. The molecule has 2 unspecified atom stereocenters. The van der Waals surface area contributed by atoms with E-state index in [2.05, 4.69) is 0 Å². The molecule has 0 fully saturated rings. The van der Waals surface area contributed by atoms with Gasteiger partial charge in [-0.15, -0.1) is 0 Å². The van der Waals surface area contributed by atoms with Crippen LogP contribution in [0.3, 0.4) is 0 Å². The Hall–Kier alpha value is -1.84. The number of rotatable bonds is 9. The third-order valence-electron chi connectivity index (χ3n) is 4.06. The van der Waals surface area contributed by atoms with E-state index < -0.39 is 17.5 Å². The van der Waals surface area contributed by atoms with Crippen LogP contribution in [0.5, 0.6) is 5.75 Å². The molecule has 23 heavy (non-hydrogen) atoms. The average molecular weight is 320 g/mol. The number of ketones is 1. The highest BCUT2D eigenvalue weighted by molar-refractivity contribution is 6.03. The van der Waals surface area contributed by atoms with Crippen LogP contribution < -0.4 is 4.74 Å². The third kappa shape index (κ3) is 4.81. The van der Waals surface area contributed by atoms with E-state index in [1.807, 2.05) is 45.0 Å².